The van der Waals surface area contributed by atoms with E-state index in [4.69, 9.17) is 14.2 Å². The molecule has 2 aliphatic rings. The molecule has 0 saturated carbocycles. The lowest BCUT2D eigenvalue weighted by Gasteiger charge is -2.44. The predicted molar refractivity (Wildman–Crippen MR) is 140 cm³/mol. The number of nitrogens with zero attached hydrogens (tertiary/aromatic N) is 2. The molecule has 4 atom stereocenters. The Hall–Kier alpha value is -2.82. The van der Waals surface area contributed by atoms with Gasteiger partial charge in [-0.25, -0.2) is 4.98 Å². The number of hydrogen-bond donors (Lipinski definition) is 2. The second-order valence-electron chi connectivity index (χ2n) is 9.53. The number of para-hydroxylation sites is 1. The summed E-state index contributed by atoms with van der Waals surface area (Å²) in [6, 6.07) is 17.5. The number of nitrogens with one attached hydrogen (secondary N) is 1. The van der Waals surface area contributed by atoms with Crippen LogP contribution in [-0.4, -0.2) is 65.0 Å². The lowest BCUT2D eigenvalue weighted by Crippen LogP contribution is -2.55. The molecule has 0 radical (unpaired) electrons. The highest BCUT2D eigenvalue weighted by Gasteiger charge is 2.38. The molecule has 2 saturated heterocycles. The molecule has 9 heteroatoms. The Labute approximate surface area is 221 Å². The van der Waals surface area contributed by atoms with Crippen LogP contribution in [0.1, 0.15) is 29.8 Å². The van der Waals surface area contributed by atoms with Crippen LogP contribution >= 0.6 is 11.3 Å². The highest BCUT2D eigenvalue weighted by Crippen LogP contribution is 2.29. The molecule has 37 heavy (non-hydrogen) atoms. The van der Waals surface area contributed by atoms with Gasteiger partial charge in [0.1, 0.15) is 16.5 Å². The number of hydrogen-bond acceptors (Lipinski definition) is 8. The molecule has 8 nitrogen and oxygen atoms in total. The Morgan fingerprint density at radius 1 is 1.11 bits per heavy atom. The molecule has 2 fully saturated rings. The molecule has 3 aromatic rings. The van der Waals surface area contributed by atoms with Crippen LogP contribution in [0.2, 0.25) is 0 Å². The molecule has 1 amide bonds. The van der Waals surface area contributed by atoms with Crippen molar-refractivity contribution in [2.75, 3.05) is 19.8 Å². The zero-order valence-electron chi connectivity index (χ0n) is 20.7. The molecule has 196 valence electrons. The van der Waals surface area contributed by atoms with Gasteiger partial charge in [-0.1, -0.05) is 30.3 Å². The third-order valence-electron chi connectivity index (χ3n) is 6.71. The minimum absolute atomic E-state index is 0.0325. The van der Waals surface area contributed by atoms with Gasteiger partial charge in [-0.15, -0.1) is 11.3 Å². The lowest BCUT2D eigenvalue weighted by molar-refractivity contribution is -0.158. The first-order valence-corrected chi connectivity index (χ1v) is 13.6. The Morgan fingerprint density at radius 2 is 1.92 bits per heavy atom. The third kappa shape index (κ3) is 7.37. The Bertz CT molecular complexity index is 1110. The van der Waals surface area contributed by atoms with Gasteiger partial charge in [0, 0.05) is 30.7 Å². The van der Waals surface area contributed by atoms with Gasteiger partial charge in [-0.2, -0.15) is 0 Å². The van der Waals surface area contributed by atoms with Crippen LogP contribution < -0.4 is 10.1 Å². The summed E-state index contributed by atoms with van der Waals surface area (Å²) in [4.78, 5) is 19.4. The predicted octanol–water partition coefficient (Wildman–Crippen LogP) is 3.75. The Kier molecular flexibility index (Phi) is 8.80. The monoisotopic (exact) mass is 523 g/mol. The normalized spacial score (nSPS) is 24.5. The van der Waals surface area contributed by atoms with Crippen molar-refractivity contribution >= 4 is 17.2 Å². The summed E-state index contributed by atoms with van der Waals surface area (Å²) in [6.07, 6.45) is 2.95. The summed E-state index contributed by atoms with van der Waals surface area (Å²) in [7, 11) is 0. The molecule has 3 heterocycles. The number of amides is 1. The average molecular weight is 524 g/mol. The van der Waals surface area contributed by atoms with E-state index in [9.17, 15) is 9.90 Å². The van der Waals surface area contributed by atoms with E-state index in [1.807, 2.05) is 60.0 Å². The fourth-order valence-electron chi connectivity index (χ4n) is 4.91. The number of ether oxygens (including phenoxy) is 3. The van der Waals surface area contributed by atoms with E-state index in [1.165, 1.54) is 0 Å². The number of rotatable bonds is 8. The van der Waals surface area contributed by atoms with Gasteiger partial charge in [0.15, 0.2) is 0 Å². The molecule has 0 aliphatic carbocycles. The number of fused-ring (bicyclic) bond motifs is 1. The molecular formula is C28H33N3O5S. The van der Waals surface area contributed by atoms with E-state index >= 15 is 0 Å². The summed E-state index contributed by atoms with van der Waals surface area (Å²) in [5, 5.41) is 16.3. The van der Waals surface area contributed by atoms with Crippen LogP contribution in [-0.2, 0) is 27.4 Å². The first-order valence-electron chi connectivity index (χ1n) is 12.7. The molecule has 1 aromatic heterocycles. The standard InChI is InChI=1S/C28H33N3O5S/c32-21-16-31(17-28-29-12-13-37-28)25-11-10-24(36-26(25)19-34-18-21)14-27(33)30-15-20-6-8-23(9-7-20)35-22-4-2-1-3-5-22/h1-9,12-13,21,24-26,32H,10-11,14-19H2,(H,30,33)/t21-,24+,25-,26+/m1/s1. The van der Waals surface area contributed by atoms with Crippen molar-refractivity contribution < 1.29 is 24.1 Å². The SMILES string of the molecule is O=C(C[C@@H]1CC[C@@H]2[C@H](COC[C@H](O)CN2Cc2nccs2)O1)NCc1ccc(Oc2ccccc2)cc1. The van der Waals surface area contributed by atoms with Gasteiger partial charge in [-0.05, 0) is 42.7 Å². The minimum atomic E-state index is -0.539. The molecule has 0 bridgehead atoms. The summed E-state index contributed by atoms with van der Waals surface area (Å²) in [6.45, 7) is 2.34. The maximum Gasteiger partial charge on any atom is 0.222 e. The van der Waals surface area contributed by atoms with Crippen LogP contribution in [0.3, 0.4) is 0 Å². The van der Waals surface area contributed by atoms with E-state index in [0.29, 0.717) is 32.7 Å². The second kappa shape index (κ2) is 12.6. The highest BCUT2D eigenvalue weighted by molar-refractivity contribution is 7.09. The highest BCUT2D eigenvalue weighted by atomic mass is 32.1. The third-order valence-corrected chi connectivity index (χ3v) is 7.48. The minimum Gasteiger partial charge on any atom is -0.457 e. The van der Waals surface area contributed by atoms with Crippen LogP contribution in [0.25, 0.3) is 0 Å². The van der Waals surface area contributed by atoms with Gasteiger partial charge in [0.25, 0.3) is 0 Å². The Balaban J connectivity index is 1.10. The molecule has 2 aliphatic heterocycles. The van der Waals surface area contributed by atoms with Gasteiger partial charge in [0.2, 0.25) is 5.91 Å². The van der Waals surface area contributed by atoms with Crippen molar-refractivity contribution in [3.8, 4) is 11.5 Å². The number of aromatic nitrogens is 1. The first kappa shape index (κ1) is 25.8. The van der Waals surface area contributed by atoms with Crippen LogP contribution in [0.4, 0.5) is 0 Å². The smallest absolute Gasteiger partial charge is 0.222 e. The van der Waals surface area contributed by atoms with Crippen molar-refractivity contribution in [3.05, 3.63) is 76.7 Å². The number of benzene rings is 2. The van der Waals surface area contributed by atoms with Gasteiger partial charge >= 0.3 is 0 Å². The van der Waals surface area contributed by atoms with E-state index < -0.39 is 6.10 Å². The summed E-state index contributed by atoms with van der Waals surface area (Å²) >= 11 is 1.62. The van der Waals surface area contributed by atoms with Crippen molar-refractivity contribution in [1.82, 2.24) is 15.2 Å². The summed E-state index contributed by atoms with van der Waals surface area (Å²) in [5.74, 6) is 1.51. The number of carbonyl (C=O) groups excluding carboxylic acids is 1. The van der Waals surface area contributed by atoms with Gasteiger partial charge < -0.3 is 24.6 Å². The maximum atomic E-state index is 12.7. The van der Waals surface area contributed by atoms with E-state index in [0.717, 1.165) is 34.9 Å². The van der Waals surface area contributed by atoms with E-state index in [2.05, 4.69) is 15.2 Å². The topological polar surface area (TPSA) is 93.2 Å². The van der Waals surface area contributed by atoms with E-state index in [-0.39, 0.29) is 30.8 Å². The lowest BCUT2D eigenvalue weighted by atomic mass is 9.94. The number of aliphatic hydroxyl groups is 1. The van der Waals surface area contributed by atoms with Crippen molar-refractivity contribution in [2.24, 2.45) is 0 Å². The average Bonchev–Trinajstić information content (AvgIpc) is 3.41. The molecule has 2 N–H and O–H groups in total. The quantitative estimate of drug-likeness (QED) is 0.465. The van der Waals surface area contributed by atoms with Gasteiger partial charge in [0.05, 0.1) is 44.5 Å². The largest absolute Gasteiger partial charge is 0.457 e. The zero-order chi connectivity index (χ0) is 25.5. The summed E-state index contributed by atoms with van der Waals surface area (Å²) in [5.41, 5.74) is 1.00. The van der Waals surface area contributed by atoms with Crippen LogP contribution in [0.15, 0.2) is 66.2 Å². The first-order chi connectivity index (χ1) is 18.1. The molecule has 5 rings (SSSR count). The fraction of sp³-hybridized carbons (Fsp3) is 0.429. The number of β-amino-alcohol motifs (C(OH)–C–C–N with tert-alkyl or cyclic N) is 1. The number of thiazole rings is 1. The van der Waals surface area contributed by atoms with Crippen molar-refractivity contribution in [1.29, 1.82) is 0 Å². The van der Waals surface area contributed by atoms with E-state index in [1.54, 1.807) is 17.5 Å². The van der Waals surface area contributed by atoms with Crippen LogP contribution in [0, 0.1) is 0 Å². The second-order valence-corrected chi connectivity index (χ2v) is 10.5. The fourth-order valence-corrected chi connectivity index (χ4v) is 5.55. The van der Waals surface area contributed by atoms with Crippen molar-refractivity contribution in [3.63, 3.8) is 0 Å². The molecule has 0 unspecified atom stereocenters. The zero-order valence-corrected chi connectivity index (χ0v) is 21.5. The number of aliphatic hydroxyl groups excluding tert-OH is 1. The van der Waals surface area contributed by atoms with Crippen LogP contribution in [0.5, 0.6) is 11.5 Å². The van der Waals surface area contributed by atoms with Gasteiger partial charge in [-0.3, -0.25) is 9.69 Å². The van der Waals surface area contributed by atoms with Crippen molar-refractivity contribution in [2.45, 2.75) is 56.7 Å². The molecular weight excluding hydrogens is 490 g/mol. The molecule has 2 aromatic carbocycles. The number of carbonyl (C=O) groups is 1. The Morgan fingerprint density at radius 3 is 2.70 bits per heavy atom. The maximum absolute atomic E-state index is 12.7. The summed E-state index contributed by atoms with van der Waals surface area (Å²) < 4.78 is 17.9. The molecule has 0 spiro atoms.